The second-order valence-corrected chi connectivity index (χ2v) is 21.4. The molecule has 4 aromatic heterocycles. The molecule has 0 radical (unpaired) electrons. The van der Waals surface area contributed by atoms with Crippen molar-refractivity contribution >= 4 is 50.5 Å². The van der Waals surface area contributed by atoms with Crippen LogP contribution in [-0.4, -0.2) is 119 Å². The predicted octanol–water partition coefficient (Wildman–Crippen LogP) is 5.23. The molecule has 366 valence electrons. The van der Waals surface area contributed by atoms with Gasteiger partial charge in [-0.3, -0.25) is 14.4 Å². The molecule has 1 aliphatic heterocycles. The van der Waals surface area contributed by atoms with Crippen LogP contribution in [0.2, 0.25) is 0 Å². The fourth-order valence-electron chi connectivity index (χ4n) is 8.16. The number of rotatable bonds is 20. The minimum atomic E-state index is -3.59. The number of aromatic nitrogens is 8. The molecule has 7 rings (SSSR count). The van der Waals surface area contributed by atoms with Crippen LogP contribution in [0.1, 0.15) is 76.3 Å². The molecule has 6 aromatic rings. The summed E-state index contributed by atoms with van der Waals surface area (Å²) in [5, 5.41) is 27.7. The summed E-state index contributed by atoms with van der Waals surface area (Å²) < 4.78 is 35.7. The van der Waals surface area contributed by atoms with Gasteiger partial charge in [-0.25, -0.2) is 33.0 Å². The van der Waals surface area contributed by atoms with Crippen molar-refractivity contribution in [2.45, 2.75) is 110 Å². The molecule has 5 heterocycles. The molecule has 3 unspecified atom stereocenters. The number of nitrogens with one attached hydrogen (secondary N) is 3. The average molecular weight is 981 g/mol. The van der Waals surface area contributed by atoms with E-state index in [-0.39, 0.29) is 56.0 Å². The Morgan fingerprint density at radius 1 is 1.00 bits per heavy atom. The number of ether oxygens (including phenoxy) is 1. The van der Waals surface area contributed by atoms with Crippen LogP contribution < -0.4 is 16.0 Å². The Morgan fingerprint density at radius 3 is 2.45 bits per heavy atom. The molecule has 1 saturated heterocycles. The quantitative estimate of drug-likeness (QED) is 0.0717. The van der Waals surface area contributed by atoms with Gasteiger partial charge in [-0.15, -0.1) is 16.4 Å². The first kappa shape index (κ1) is 50.5. The lowest BCUT2D eigenvalue weighted by Gasteiger charge is -2.35. The summed E-state index contributed by atoms with van der Waals surface area (Å²) in [5.41, 5.74) is 6.78. The zero-order valence-corrected chi connectivity index (χ0v) is 41.6. The third-order valence-corrected chi connectivity index (χ3v) is 14.5. The van der Waals surface area contributed by atoms with Gasteiger partial charge in [-0.2, -0.15) is 0 Å². The number of nitrogens with zero attached hydrogens (tertiary/aromatic N) is 9. The average Bonchev–Trinajstić information content (AvgIpc) is 4.13. The summed E-state index contributed by atoms with van der Waals surface area (Å²) in [6, 6.07) is 14.4. The van der Waals surface area contributed by atoms with Gasteiger partial charge in [0, 0.05) is 43.6 Å². The van der Waals surface area contributed by atoms with E-state index in [1.807, 2.05) is 65.0 Å². The highest BCUT2D eigenvalue weighted by Gasteiger charge is 2.44. The number of hydrogen-bond acceptors (Lipinski definition) is 15. The Labute approximate surface area is 406 Å². The van der Waals surface area contributed by atoms with Gasteiger partial charge < -0.3 is 35.3 Å². The first-order valence-corrected chi connectivity index (χ1v) is 25.4. The zero-order chi connectivity index (χ0) is 49.5. The van der Waals surface area contributed by atoms with E-state index in [0.717, 1.165) is 33.2 Å². The summed E-state index contributed by atoms with van der Waals surface area (Å²) >= 11 is 1.56. The SMILES string of the molecule is Cc1ncsc1-c1ccc(CNC(=O)C2CC(O)CN2C(=O)C(NC(=O)COCCn2cc(CCCS(=O)(=O)c3ccc(Nc4nccc(-c5cnc(C)n5C(C)C)n4)cc3)nn2)C(C)(C)C)cc1. The van der Waals surface area contributed by atoms with E-state index in [4.69, 9.17) is 4.74 Å². The van der Waals surface area contributed by atoms with Gasteiger partial charge in [0.2, 0.25) is 23.7 Å². The summed E-state index contributed by atoms with van der Waals surface area (Å²) in [6.45, 7) is 13.8. The smallest absolute Gasteiger partial charge is 0.246 e. The van der Waals surface area contributed by atoms with Crippen LogP contribution in [-0.2, 0) is 48.5 Å². The van der Waals surface area contributed by atoms with Crippen LogP contribution in [0.5, 0.6) is 0 Å². The Bertz CT molecular complexity index is 2840. The zero-order valence-electron chi connectivity index (χ0n) is 39.9. The van der Waals surface area contributed by atoms with E-state index in [1.54, 1.807) is 64.4 Å². The minimum absolute atomic E-state index is 0.0402. The molecule has 0 aliphatic carbocycles. The molecule has 3 amide bonds. The Morgan fingerprint density at radius 2 is 1.75 bits per heavy atom. The molecule has 2 aromatic carbocycles. The number of carbonyl (C=O) groups is 3. The second-order valence-electron chi connectivity index (χ2n) is 18.5. The molecule has 21 heteroatoms. The predicted molar refractivity (Wildman–Crippen MR) is 261 cm³/mol. The van der Waals surface area contributed by atoms with Crippen molar-refractivity contribution in [3.05, 3.63) is 101 Å². The van der Waals surface area contributed by atoms with E-state index in [2.05, 4.69) is 64.6 Å². The fraction of sp³-hybridized carbons (Fsp3) is 0.438. The number of hydrogen-bond donors (Lipinski definition) is 4. The van der Waals surface area contributed by atoms with Crippen molar-refractivity contribution in [1.29, 1.82) is 0 Å². The highest BCUT2D eigenvalue weighted by Crippen LogP contribution is 2.29. The van der Waals surface area contributed by atoms with Crippen LogP contribution in [0.15, 0.2) is 83.6 Å². The number of anilines is 2. The molecule has 1 fully saturated rings. The summed E-state index contributed by atoms with van der Waals surface area (Å²) in [7, 11) is -3.59. The molecule has 0 spiro atoms. The summed E-state index contributed by atoms with van der Waals surface area (Å²) in [5.74, 6) is -0.212. The normalized spacial score (nSPS) is 15.6. The number of aliphatic hydroxyl groups is 1. The molecule has 1 aliphatic rings. The third kappa shape index (κ3) is 12.8. The molecule has 4 N–H and O–H groups in total. The lowest BCUT2D eigenvalue weighted by atomic mass is 9.85. The number of β-amino-alcohol motifs (C(OH)–C–C–N with tert-alkyl or cyclic N) is 1. The van der Waals surface area contributed by atoms with Gasteiger partial charge in [0.15, 0.2) is 9.84 Å². The van der Waals surface area contributed by atoms with Crippen LogP contribution in [0, 0.1) is 19.3 Å². The van der Waals surface area contributed by atoms with Gasteiger partial charge >= 0.3 is 0 Å². The molecule has 69 heavy (non-hydrogen) atoms. The second kappa shape index (κ2) is 21.9. The van der Waals surface area contributed by atoms with Gasteiger partial charge in [0.1, 0.15) is 24.5 Å². The number of carbonyl (C=O) groups excluding carboxylic acids is 3. The maximum atomic E-state index is 14.0. The van der Waals surface area contributed by atoms with Crippen molar-refractivity contribution in [2.24, 2.45) is 5.41 Å². The molecule has 19 nitrogen and oxygen atoms in total. The third-order valence-electron chi connectivity index (χ3n) is 11.7. The Balaban J connectivity index is 0.831. The van der Waals surface area contributed by atoms with Crippen molar-refractivity contribution in [3.63, 3.8) is 0 Å². The topological polar surface area (TPSA) is 241 Å². The number of likely N-dealkylation sites (tertiary alicyclic amines) is 1. The minimum Gasteiger partial charge on any atom is -0.391 e. The Hall–Kier alpha value is -6.42. The highest BCUT2D eigenvalue weighted by atomic mass is 32.2. The Kier molecular flexibility index (Phi) is 16.0. The number of sulfone groups is 1. The molecular weight excluding hydrogens is 921 g/mol. The van der Waals surface area contributed by atoms with Crippen molar-refractivity contribution in [2.75, 3.05) is 30.8 Å². The monoisotopic (exact) mass is 980 g/mol. The van der Waals surface area contributed by atoms with E-state index in [1.165, 1.54) is 4.90 Å². The van der Waals surface area contributed by atoms with E-state index >= 15 is 0 Å². The first-order valence-electron chi connectivity index (χ1n) is 22.8. The fourth-order valence-corrected chi connectivity index (χ4v) is 10.3. The van der Waals surface area contributed by atoms with Crippen molar-refractivity contribution in [1.82, 2.24) is 55.0 Å². The van der Waals surface area contributed by atoms with Crippen molar-refractivity contribution in [3.8, 4) is 21.8 Å². The number of benzene rings is 2. The number of amides is 3. The molecular formula is C48H60N12O7S2. The van der Waals surface area contributed by atoms with Crippen LogP contribution in [0.3, 0.4) is 0 Å². The lowest BCUT2D eigenvalue weighted by Crippen LogP contribution is -2.58. The highest BCUT2D eigenvalue weighted by molar-refractivity contribution is 7.91. The van der Waals surface area contributed by atoms with Crippen LogP contribution in [0.25, 0.3) is 21.8 Å². The number of aliphatic hydroxyl groups excluding tert-OH is 1. The van der Waals surface area contributed by atoms with E-state index in [0.29, 0.717) is 35.9 Å². The van der Waals surface area contributed by atoms with Crippen LogP contribution >= 0.6 is 11.3 Å². The lowest BCUT2D eigenvalue weighted by molar-refractivity contribution is -0.144. The van der Waals surface area contributed by atoms with E-state index in [9.17, 15) is 27.9 Å². The first-order chi connectivity index (χ1) is 32.9. The van der Waals surface area contributed by atoms with Crippen LogP contribution in [0.4, 0.5) is 11.6 Å². The maximum Gasteiger partial charge on any atom is 0.246 e. The van der Waals surface area contributed by atoms with E-state index < -0.39 is 51.2 Å². The maximum absolute atomic E-state index is 14.0. The van der Waals surface area contributed by atoms with Crippen molar-refractivity contribution < 1.29 is 32.6 Å². The van der Waals surface area contributed by atoms with Gasteiger partial charge in [0.05, 0.1) is 69.3 Å². The molecule has 0 bridgehead atoms. The van der Waals surface area contributed by atoms with Gasteiger partial charge in [-0.1, -0.05) is 50.3 Å². The standard InChI is InChI=1S/C48H60N12O7S2/c1-30(2)60-32(4)50-25-41(60)39-18-19-49-47(54-39)53-35-14-16-38(17-15-35)69(65,66)22-8-9-36-26-58(57-56-36)20-21-67-28-42(62)55-44(48(5,6)7)46(64)59-27-37(61)23-40(59)45(63)51-24-33-10-12-34(13-11-33)43-31(3)52-29-68-43/h10-19,25-26,29-30,37,40,44,61H,8-9,20-24,27-28H2,1-7H3,(H,51,63)(H,55,62)(H,49,53,54). The number of aryl methyl sites for hydroxylation is 3. The molecule has 3 atom stereocenters. The summed E-state index contributed by atoms with van der Waals surface area (Å²) in [4.78, 5) is 61.0. The number of imidazole rings is 1. The summed E-state index contributed by atoms with van der Waals surface area (Å²) in [6.07, 6.45) is 5.04. The number of thiazole rings is 1. The molecule has 0 saturated carbocycles. The van der Waals surface area contributed by atoms with Gasteiger partial charge in [0.25, 0.3) is 0 Å². The van der Waals surface area contributed by atoms with Gasteiger partial charge in [-0.05, 0) is 87.4 Å². The largest absolute Gasteiger partial charge is 0.391 e.